The lowest BCUT2D eigenvalue weighted by atomic mass is 9.89. The van der Waals surface area contributed by atoms with Gasteiger partial charge in [-0.3, -0.25) is 19.4 Å². The minimum absolute atomic E-state index is 0.0474. The van der Waals surface area contributed by atoms with Crippen molar-refractivity contribution in [1.82, 2.24) is 20.5 Å². The Balaban J connectivity index is 0.000000700. The van der Waals surface area contributed by atoms with Gasteiger partial charge >= 0.3 is 5.97 Å². The fourth-order valence-electron chi connectivity index (χ4n) is 4.41. The summed E-state index contributed by atoms with van der Waals surface area (Å²) >= 11 is 0. The molecule has 0 aliphatic carbocycles. The Labute approximate surface area is 220 Å². The van der Waals surface area contributed by atoms with Crippen LogP contribution in [0.3, 0.4) is 0 Å². The van der Waals surface area contributed by atoms with E-state index in [1.807, 2.05) is 18.2 Å². The second kappa shape index (κ2) is 16.3. The maximum absolute atomic E-state index is 12.5. The largest absolute Gasteiger partial charge is 0.481 e. The number of carbonyl (C=O) groups excluding carboxylic acids is 2. The van der Waals surface area contributed by atoms with Crippen molar-refractivity contribution in [3.05, 3.63) is 65.2 Å². The molecule has 8 nitrogen and oxygen atoms in total. The molecular weight excluding hydrogens is 468 g/mol. The number of piperidine rings is 1. The van der Waals surface area contributed by atoms with Gasteiger partial charge in [-0.1, -0.05) is 23.8 Å². The Kier molecular flexibility index (Phi) is 13.2. The van der Waals surface area contributed by atoms with Crippen LogP contribution < -0.4 is 10.6 Å². The van der Waals surface area contributed by atoms with Crippen LogP contribution in [0.5, 0.6) is 0 Å². The van der Waals surface area contributed by atoms with Crippen LogP contribution in [0.2, 0.25) is 0 Å². The molecule has 202 valence electrons. The summed E-state index contributed by atoms with van der Waals surface area (Å²) in [6.45, 7) is 8.82. The van der Waals surface area contributed by atoms with Crippen LogP contribution in [0.15, 0.2) is 65.2 Å². The molecule has 1 aromatic rings. The number of likely N-dealkylation sites (tertiary alicyclic amines) is 1. The van der Waals surface area contributed by atoms with Crippen LogP contribution >= 0.6 is 0 Å². The van der Waals surface area contributed by atoms with E-state index in [0.29, 0.717) is 19.0 Å². The lowest BCUT2D eigenvalue weighted by Crippen LogP contribution is -2.42. The van der Waals surface area contributed by atoms with E-state index in [2.05, 4.69) is 48.5 Å². The third kappa shape index (κ3) is 11.9. The number of allylic oxidation sites excluding steroid dienone is 6. The van der Waals surface area contributed by atoms with Crippen molar-refractivity contribution in [2.24, 2.45) is 5.92 Å². The molecule has 1 unspecified atom stereocenters. The summed E-state index contributed by atoms with van der Waals surface area (Å²) in [6.07, 6.45) is 12.8. The number of aliphatic carboxylic acids is 1. The molecule has 1 fully saturated rings. The maximum Gasteiger partial charge on any atom is 0.305 e. The lowest BCUT2D eigenvalue weighted by molar-refractivity contribution is -0.137. The number of nitrogens with zero attached hydrogens (tertiary/aromatic N) is 2. The number of carboxylic acid groups (broad SMARTS) is 1. The van der Waals surface area contributed by atoms with E-state index in [4.69, 9.17) is 5.11 Å². The first-order chi connectivity index (χ1) is 17.8. The van der Waals surface area contributed by atoms with Crippen LogP contribution in [-0.4, -0.2) is 59.0 Å². The highest BCUT2D eigenvalue weighted by molar-refractivity contribution is 5.97. The number of aromatic nitrogens is 1. The number of hydrogen-bond acceptors (Lipinski definition) is 5. The second-order valence-corrected chi connectivity index (χ2v) is 9.79. The number of hydrogen-bond donors (Lipinski definition) is 3. The van der Waals surface area contributed by atoms with Crippen LogP contribution in [-0.2, 0) is 14.4 Å². The van der Waals surface area contributed by atoms with Gasteiger partial charge in [-0.2, -0.15) is 0 Å². The first-order valence-electron chi connectivity index (χ1n) is 13.2. The van der Waals surface area contributed by atoms with Crippen molar-refractivity contribution in [1.29, 1.82) is 0 Å². The normalized spacial score (nSPS) is 17.4. The van der Waals surface area contributed by atoms with Crippen molar-refractivity contribution in [2.75, 3.05) is 26.2 Å². The zero-order chi connectivity index (χ0) is 27.0. The second-order valence-electron chi connectivity index (χ2n) is 9.79. The first kappa shape index (κ1) is 29.8. The van der Waals surface area contributed by atoms with Gasteiger partial charge in [0.25, 0.3) is 0 Å². The molecule has 1 atom stereocenters. The Hall–Kier alpha value is -3.42. The lowest BCUT2D eigenvalue weighted by Gasteiger charge is -2.33. The third-order valence-electron chi connectivity index (χ3n) is 6.54. The Bertz CT molecular complexity index is 954. The molecule has 1 saturated heterocycles. The number of pyridine rings is 1. The Morgan fingerprint density at radius 3 is 2.54 bits per heavy atom. The molecule has 0 aromatic carbocycles. The van der Waals surface area contributed by atoms with E-state index in [-0.39, 0.29) is 25.3 Å². The molecule has 0 saturated carbocycles. The zero-order valence-electron chi connectivity index (χ0n) is 22.5. The predicted octanol–water partition coefficient (Wildman–Crippen LogP) is 4.23. The molecule has 2 aliphatic heterocycles. The van der Waals surface area contributed by atoms with Crippen LogP contribution in [0.25, 0.3) is 0 Å². The first-order valence-corrected chi connectivity index (χ1v) is 13.2. The maximum atomic E-state index is 12.5. The van der Waals surface area contributed by atoms with E-state index in [9.17, 15) is 14.4 Å². The monoisotopic (exact) mass is 510 g/mol. The van der Waals surface area contributed by atoms with Gasteiger partial charge in [0.15, 0.2) is 0 Å². The summed E-state index contributed by atoms with van der Waals surface area (Å²) in [5, 5.41) is 14.6. The average Bonchev–Trinajstić information content (AvgIpc) is 2.88. The molecule has 3 heterocycles. The van der Waals surface area contributed by atoms with Crippen molar-refractivity contribution in [3.8, 4) is 0 Å². The molecule has 3 rings (SSSR count). The molecule has 37 heavy (non-hydrogen) atoms. The highest BCUT2D eigenvalue weighted by Gasteiger charge is 2.25. The SMILES string of the molecule is CC(C)=C(/C=C\C1=C(C)NCCC1)CC1CCCN(C(=O)CC(=O)NCCC(=O)O)C1.c1ccncc1. The van der Waals surface area contributed by atoms with Gasteiger partial charge in [0.1, 0.15) is 6.42 Å². The van der Waals surface area contributed by atoms with Crippen molar-refractivity contribution in [3.63, 3.8) is 0 Å². The summed E-state index contributed by atoms with van der Waals surface area (Å²) in [5.41, 5.74) is 5.22. The average molecular weight is 511 g/mol. The highest BCUT2D eigenvalue weighted by atomic mass is 16.4. The number of carboxylic acids is 1. The van der Waals surface area contributed by atoms with Gasteiger partial charge in [-0.25, -0.2) is 0 Å². The van der Waals surface area contributed by atoms with Crippen molar-refractivity contribution < 1.29 is 19.5 Å². The van der Waals surface area contributed by atoms with E-state index < -0.39 is 11.9 Å². The van der Waals surface area contributed by atoms with E-state index in [0.717, 1.165) is 38.6 Å². The standard InChI is InChI=1S/C24H37N3O4.C5H5N/c1-17(2)21(9-8-20-7-4-11-25-18(20)3)14-19-6-5-13-27(16-19)23(29)15-22(28)26-12-10-24(30)31;1-2-4-6-5-3-1/h8-9,19,25H,4-7,10-16H2,1-3H3,(H,26,28)(H,30,31);1-5H/b9-8-;. The van der Waals surface area contributed by atoms with E-state index in [1.54, 1.807) is 17.3 Å². The van der Waals surface area contributed by atoms with Crippen molar-refractivity contribution >= 4 is 17.8 Å². The van der Waals surface area contributed by atoms with Crippen LogP contribution in [0.4, 0.5) is 0 Å². The topological polar surface area (TPSA) is 112 Å². The third-order valence-corrected chi connectivity index (χ3v) is 6.54. The van der Waals surface area contributed by atoms with Crippen LogP contribution in [0, 0.1) is 5.92 Å². The number of nitrogens with one attached hydrogen (secondary N) is 2. The number of carbonyl (C=O) groups is 3. The summed E-state index contributed by atoms with van der Waals surface area (Å²) in [7, 11) is 0. The molecule has 1 aromatic heterocycles. The van der Waals surface area contributed by atoms with E-state index in [1.165, 1.54) is 22.4 Å². The van der Waals surface area contributed by atoms with Gasteiger partial charge in [0, 0.05) is 44.3 Å². The molecule has 8 heteroatoms. The van der Waals surface area contributed by atoms with Crippen molar-refractivity contribution in [2.45, 2.75) is 65.7 Å². The van der Waals surface area contributed by atoms with Gasteiger partial charge < -0.3 is 20.6 Å². The zero-order valence-corrected chi connectivity index (χ0v) is 22.5. The quantitative estimate of drug-likeness (QED) is 0.339. The van der Waals surface area contributed by atoms with Gasteiger partial charge in [-0.15, -0.1) is 0 Å². The predicted molar refractivity (Wildman–Crippen MR) is 145 cm³/mol. The fraction of sp³-hybridized carbons (Fsp3) is 0.517. The van der Waals surface area contributed by atoms with E-state index >= 15 is 0 Å². The Morgan fingerprint density at radius 1 is 1.19 bits per heavy atom. The molecule has 0 radical (unpaired) electrons. The molecular formula is C29H42N4O4. The highest BCUT2D eigenvalue weighted by Crippen LogP contribution is 2.27. The molecule has 2 amide bonds. The van der Waals surface area contributed by atoms with Gasteiger partial charge in [0.2, 0.25) is 11.8 Å². The minimum atomic E-state index is -0.971. The minimum Gasteiger partial charge on any atom is -0.481 e. The summed E-state index contributed by atoms with van der Waals surface area (Å²) in [5.74, 6) is -1.19. The van der Waals surface area contributed by atoms with Crippen LogP contribution in [0.1, 0.15) is 65.7 Å². The molecule has 0 bridgehead atoms. The summed E-state index contributed by atoms with van der Waals surface area (Å²) in [6, 6.07) is 5.72. The summed E-state index contributed by atoms with van der Waals surface area (Å²) in [4.78, 5) is 40.6. The van der Waals surface area contributed by atoms with Gasteiger partial charge in [-0.05, 0) is 82.1 Å². The summed E-state index contributed by atoms with van der Waals surface area (Å²) < 4.78 is 0. The molecule has 3 N–H and O–H groups in total. The number of amides is 2. The fourth-order valence-corrected chi connectivity index (χ4v) is 4.41. The Morgan fingerprint density at radius 2 is 1.95 bits per heavy atom. The molecule has 0 spiro atoms. The smallest absolute Gasteiger partial charge is 0.305 e. The molecule has 2 aliphatic rings. The number of rotatable bonds is 9. The van der Waals surface area contributed by atoms with Gasteiger partial charge in [0.05, 0.1) is 6.42 Å².